The lowest BCUT2D eigenvalue weighted by atomic mass is 9.55. The number of anilines is 1. The largest absolute Gasteiger partial charge is 0.462 e. The van der Waals surface area contributed by atoms with Crippen molar-refractivity contribution in [3.8, 4) is 0 Å². The standard InChI is InChI=1S/C28H22BrNO4/c1-2-15-34-27(33)16-11-13-17(14-12-16)30-25(31)23-22-18-7-3-5-9-20(18)28(29,24(23)26(30)32)21-10-6-4-8-19(21)22/h3-14,22-24H,2,15H2,1H3. The van der Waals surface area contributed by atoms with Crippen molar-refractivity contribution in [1.29, 1.82) is 0 Å². The van der Waals surface area contributed by atoms with Crippen LogP contribution in [0.25, 0.3) is 0 Å². The van der Waals surface area contributed by atoms with Crippen LogP contribution in [-0.4, -0.2) is 24.4 Å². The molecule has 4 aliphatic rings. The van der Waals surface area contributed by atoms with E-state index >= 15 is 0 Å². The molecule has 0 spiro atoms. The normalized spacial score (nSPS) is 26.2. The smallest absolute Gasteiger partial charge is 0.338 e. The average Bonchev–Trinajstić information content (AvgIpc) is 3.14. The second-order valence-electron chi connectivity index (χ2n) is 9.06. The van der Waals surface area contributed by atoms with E-state index in [1.54, 1.807) is 24.3 Å². The number of hydrogen-bond donors (Lipinski definition) is 0. The highest BCUT2D eigenvalue weighted by molar-refractivity contribution is 9.09. The lowest BCUT2D eigenvalue weighted by Crippen LogP contribution is -2.50. The number of halogens is 1. The van der Waals surface area contributed by atoms with E-state index in [0.717, 1.165) is 28.7 Å². The fourth-order valence-electron chi connectivity index (χ4n) is 5.96. The average molecular weight is 516 g/mol. The van der Waals surface area contributed by atoms with Gasteiger partial charge in [0, 0.05) is 5.92 Å². The molecule has 1 saturated heterocycles. The molecule has 3 aliphatic carbocycles. The molecule has 2 atom stereocenters. The highest BCUT2D eigenvalue weighted by atomic mass is 79.9. The first-order chi connectivity index (χ1) is 16.5. The molecule has 3 aromatic carbocycles. The third kappa shape index (κ3) is 2.69. The minimum Gasteiger partial charge on any atom is -0.462 e. The van der Waals surface area contributed by atoms with Gasteiger partial charge < -0.3 is 4.74 Å². The van der Waals surface area contributed by atoms with E-state index in [2.05, 4.69) is 40.2 Å². The van der Waals surface area contributed by atoms with Crippen molar-refractivity contribution in [1.82, 2.24) is 0 Å². The molecule has 0 saturated carbocycles. The number of carbonyl (C=O) groups excluding carboxylic acids is 3. The molecular formula is C28H22BrNO4. The summed E-state index contributed by atoms with van der Waals surface area (Å²) < 4.78 is 4.42. The van der Waals surface area contributed by atoms with E-state index in [4.69, 9.17) is 4.74 Å². The van der Waals surface area contributed by atoms with Crippen molar-refractivity contribution in [2.24, 2.45) is 11.8 Å². The predicted molar refractivity (Wildman–Crippen MR) is 131 cm³/mol. The highest BCUT2D eigenvalue weighted by Crippen LogP contribution is 2.66. The Balaban J connectivity index is 1.44. The molecule has 5 nitrogen and oxygen atoms in total. The van der Waals surface area contributed by atoms with Gasteiger partial charge in [0.25, 0.3) is 0 Å². The zero-order chi connectivity index (χ0) is 23.6. The topological polar surface area (TPSA) is 63.7 Å². The Morgan fingerprint density at radius 1 is 0.912 bits per heavy atom. The van der Waals surface area contributed by atoms with Gasteiger partial charge in [0.15, 0.2) is 0 Å². The molecule has 0 N–H and O–H groups in total. The van der Waals surface area contributed by atoms with Crippen molar-refractivity contribution in [2.75, 3.05) is 11.5 Å². The molecule has 0 radical (unpaired) electrons. The zero-order valence-electron chi connectivity index (χ0n) is 18.5. The maximum atomic E-state index is 13.9. The lowest BCUT2D eigenvalue weighted by molar-refractivity contribution is -0.122. The first-order valence-electron chi connectivity index (χ1n) is 11.5. The lowest BCUT2D eigenvalue weighted by Gasteiger charge is -2.51. The number of carbonyl (C=O) groups is 3. The van der Waals surface area contributed by atoms with Gasteiger partial charge in [0.05, 0.1) is 34.0 Å². The van der Waals surface area contributed by atoms with Crippen molar-refractivity contribution in [2.45, 2.75) is 23.6 Å². The van der Waals surface area contributed by atoms with E-state index in [9.17, 15) is 14.4 Å². The Morgan fingerprint density at radius 3 is 2.09 bits per heavy atom. The first kappa shape index (κ1) is 21.3. The molecule has 2 bridgehead atoms. The maximum Gasteiger partial charge on any atom is 0.338 e. The van der Waals surface area contributed by atoms with E-state index in [0.29, 0.717) is 17.9 Å². The quantitative estimate of drug-likeness (QED) is 0.273. The van der Waals surface area contributed by atoms with Gasteiger partial charge in [0.1, 0.15) is 0 Å². The number of imide groups is 1. The molecule has 6 heteroatoms. The fraction of sp³-hybridized carbons (Fsp3) is 0.250. The Hall–Kier alpha value is -3.25. The second kappa shape index (κ2) is 7.64. The van der Waals surface area contributed by atoms with Crippen molar-refractivity contribution < 1.29 is 19.1 Å². The molecule has 7 rings (SSSR count). The summed E-state index contributed by atoms with van der Waals surface area (Å²) in [6.45, 7) is 2.28. The van der Waals surface area contributed by atoms with Gasteiger partial charge in [-0.25, -0.2) is 9.69 Å². The van der Waals surface area contributed by atoms with Gasteiger partial charge in [-0.2, -0.15) is 0 Å². The molecule has 3 aromatic rings. The zero-order valence-corrected chi connectivity index (χ0v) is 20.1. The van der Waals surface area contributed by atoms with E-state index < -0.39 is 22.1 Å². The summed E-state index contributed by atoms with van der Waals surface area (Å²) in [6, 6.07) is 22.7. The summed E-state index contributed by atoms with van der Waals surface area (Å²) in [7, 11) is 0. The molecule has 2 unspecified atom stereocenters. The van der Waals surface area contributed by atoms with Crippen LogP contribution in [0, 0.1) is 11.8 Å². The van der Waals surface area contributed by atoms with Gasteiger partial charge in [-0.15, -0.1) is 0 Å². The number of rotatable bonds is 4. The third-order valence-corrected chi connectivity index (χ3v) is 8.66. The van der Waals surface area contributed by atoms with Crippen LogP contribution in [0.3, 0.4) is 0 Å². The summed E-state index contributed by atoms with van der Waals surface area (Å²) in [5, 5.41) is 0. The van der Waals surface area contributed by atoms with Gasteiger partial charge in [-0.3, -0.25) is 9.59 Å². The van der Waals surface area contributed by atoms with Gasteiger partial charge in [-0.1, -0.05) is 71.4 Å². The number of alkyl halides is 1. The molecule has 1 fully saturated rings. The number of esters is 1. The summed E-state index contributed by atoms with van der Waals surface area (Å²) in [6.07, 6.45) is 0.740. The Morgan fingerprint density at radius 2 is 1.50 bits per heavy atom. The first-order valence-corrected chi connectivity index (χ1v) is 12.3. The van der Waals surface area contributed by atoms with Crippen LogP contribution in [-0.2, 0) is 18.7 Å². The Kier molecular flexibility index (Phi) is 4.78. The van der Waals surface area contributed by atoms with Crippen LogP contribution < -0.4 is 4.90 Å². The highest BCUT2D eigenvalue weighted by Gasteiger charge is 2.67. The van der Waals surface area contributed by atoms with Gasteiger partial charge >= 0.3 is 5.97 Å². The van der Waals surface area contributed by atoms with Crippen LogP contribution in [0.5, 0.6) is 0 Å². The van der Waals surface area contributed by atoms with E-state index in [1.165, 1.54) is 4.90 Å². The van der Waals surface area contributed by atoms with Crippen molar-refractivity contribution >= 4 is 39.4 Å². The van der Waals surface area contributed by atoms with Crippen LogP contribution in [0.2, 0.25) is 0 Å². The molecule has 34 heavy (non-hydrogen) atoms. The van der Waals surface area contributed by atoms with Crippen LogP contribution >= 0.6 is 15.9 Å². The molecular weight excluding hydrogens is 494 g/mol. The van der Waals surface area contributed by atoms with Crippen molar-refractivity contribution in [3.63, 3.8) is 0 Å². The van der Waals surface area contributed by atoms with Crippen LogP contribution in [0.4, 0.5) is 5.69 Å². The third-order valence-electron chi connectivity index (χ3n) is 7.31. The molecule has 0 aromatic heterocycles. The minimum absolute atomic E-state index is 0.179. The number of hydrogen-bond acceptors (Lipinski definition) is 4. The van der Waals surface area contributed by atoms with Gasteiger partial charge in [0.2, 0.25) is 11.8 Å². The SMILES string of the molecule is CCCOC(=O)c1ccc(N2C(=O)C3C4c5ccccc5C(Br)(c5ccccc54)C3C2=O)cc1. The van der Waals surface area contributed by atoms with Gasteiger partial charge in [-0.05, 0) is 52.9 Å². The Bertz CT molecular complexity index is 1300. The number of amides is 2. The Labute approximate surface area is 205 Å². The number of benzene rings is 3. The minimum atomic E-state index is -0.773. The molecule has 1 heterocycles. The molecule has 2 amide bonds. The monoisotopic (exact) mass is 515 g/mol. The summed E-state index contributed by atoms with van der Waals surface area (Å²) >= 11 is 4.00. The summed E-state index contributed by atoms with van der Waals surface area (Å²) in [4.78, 5) is 41.2. The fourth-order valence-corrected chi connectivity index (χ4v) is 7.16. The summed E-state index contributed by atoms with van der Waals surface area (Å²) in [5.74, 6) is -2.06. The number of ether oxygens (including phenoxy) is 1. The van der Waals surface area contributed by atoms with Crippen LogP contribution in [0.1, 0.15) is 51.9 Å². The molecule has 1 aliphatic heterocycles. The van der Waals surface area contributed by atoms with Crippen LogP contribution in [0.15, 0.2) is 72.8 Å². The molecule has 170 valence electrons. The van der Waals surface area contributed by atoms with E-state index in [-0.39, 0.29) is 17.7 Å². The van der Waals surface area contributed by atoms with E-state index in [1.807, 2.05) is 31.2 Å². The predicted octanol–water partition coefficient (Wildman–Crippen LogP) is 5.16. The van der Waals surface area contributed by atoms with Crippen molar-refractivity contribution in [3.05, 3.63) is 101 Å². The summed E-state index contributed by atoms with van der Waals surface area (Å²) in [5.41, 5.74) is 5.16. The number of nitrogens with zero attached hydrogens (tertiary/aromatic N) is 1. The second-order valence-corrected chi connectivity index (χ2v) is 10.3. The maximum absolute atomic E-state index is 13.9.